The van der Waals surface area contributed by atoms with Crippen molar-refractivity contribution in [3.05, 3.63) is 165 Å². The van der Waals surface area contributed by atoms with Crippen molar-refractivity contribution in [3.63, 3.8) is 0 Å². The van der Waals surface area contributed by atoms with Crippen LogP contribution in [0.4, 0.5) is 0 Å². The summed E-state index contributed by atoms with van der Waals surface area (Å²) in [6, 6.07) is 32.4. The minimum absolute atomic E-state index is 0.0135. The van der Waals surface area contributed by atoms with Gasteiger partial charge in [-0.25, -0.2) is 0 Å². The Labute approximate surface area is 398 Å². The molecular formula is C56H58N2O10. The number of ether oxygens (including phenoxy) is 10. The number of aryl methyl sites for hydroxylation is 2. The number of rotatable bonds is 14. The number of nitrogens with one attached hydrogen (secondary N) is 2. The molecule has 0 bridgehead atoms. The molecule has 6 aromatic carbocycles. The van der Waals surface area contributed by atoms with Crippen LogP contribution in [-0.2, 0) is 26.1 Å². The molecule has 2 atom stereocenters. The molecule has 0 saturated carbocycles. The van der Waals surface area contributed by atoms with Crippen molar-refractivity contribution in [1.29, 1.82) is 0 Å². The summed E-state index contributed by atoms with van der Waals surface area (Å²) in [5.41, 5.74) is 11.2. The molecule has 0 radical (unpaired) electrons. The van der Waals surface area contributed by atoms with E-state index in [1.807, 2.05) is 84.9 Å². The number of fused-ring (bicyclic) bond motifs is 4. The summed E-state index contributed by atoms with van der Waals surface area (Å²) in [6.45, 7) is 7.29. The van der Waals surface area contributed by atoms with E-state index in [1.54, 1.807) is 28.4 Å². The quantitative estimate of drug-likeness (QED) is 0.108. The molecular weight excluding hydrogens is 861 g/mol. The van der Waals surface area contributed by atoms with Crippen LogP contribution in [0.1, 0.15) is 67.7 Å². The molecule has 0 aromatic heterocycles. The van der Waals surface area contributed by atoms with Crippen LogP contribution in [0.2, 0.25) is 0 Å². The van der Waals surface area contributed by atoms with E-state index in [2.05, 4.69) is 60.9 Å². The third kappa shape index (κ3) is 9.88. The van der Waals surface area contributed by atoms with Crippen LogP contribution < -0.4 is 58.0 Å². The molecule has 68 heavy (non-hydrogen) atoms. The van der Waals surface area contributed by atoms with Gasteiger partial charge in [-0.1, -0.05) is 85.0 Å². The zero-order chi connectivity index (χ0) is 47.0. The van der Waals surface area contributed by atoms with Crippen LogP contribution in [0.25, 0.3) is 12.2 Å². The molecule has 352 valence electrons. The summed E-state index contributed by atoms with van der Waals surface area (Å²) in [5, 5.41) is 7.20. The Balaban J connectivity index is 0.000000170. The van der Waals surface area contributed by atoms with Gasteiger partial charge in [0, 0.05) is 24.2 Å². The van der Waals surface area contributed by atoms with Crippen molar-refractivity contribution in [2.45, 2.75) is 52.0 Å². The van der Waals surface area contributed by atoms with E-state index >= 15 is 0 Å². The summed E-state index contributed by atoms with van der Waals surface area (Å²) in [7, 11) is 6.67. The van der Waals surface area contributed by atoms with Gasteiger partial charge in [0.15, 0.2) is 46.0 Å². The number of methoxy groups -OCH3 is 4. The molecule has 0 aliphatic carbocycles. The predicted octanol–water partition coefficient (Wildman–Crippen LogP) is 10.4. The lowest BCUT2D eigenvalue weighted by Crippen LogP contribution is -2.29. The Morgan fingerprint density at radius 3 is 1.63 bits per heavy atom. The Morgan fingerprint density at radius 2 is 1.06 bits per heavy atom. The van der Waals surface area contributed by atoms with Crippen LogP contribution in [-0.4, -0.2) is 55.1 Å². The SMILES string of the molecule is COc1c(OCc2ccccc2)cc2c(c1OC)C(/C=C/c1cc3c(cc1C)OCO3)NCC2.COc1cc2c(c(OC)c1OCc1ccccc1)CCNC2/C=C/c1cc2c(cc1C)OCO2. The molecule has 12 heteroatoms. The Kier molecular flexibility index (Phi) is 14.2. The number of hydrogen-bond acceptors (Lipinski definition) is 12. The van der Waals surface area contributed by atoms with Crippen molar-refractivity contribution in [1.82, 2.24) is 10.6 Å². The Hall–Kier alpha value is -7.28. The summed E-state index contributed by atoms with van der Waals surface area (Å²) < 4.78 is 57.7. The molecule has 0 amide bonds. The maximum atomic E-state index is 6.21. The number of hydrogen-bond donors (Lipinski definition) is 2. The van der Waals surface area contributed by atoms with Gasteiger partial charge in [0.25, 0.3) is 0 Å². The topological polar surface area (TPSA) is 116 Å². The molecule has 0 saturated heterocycles. The van der Waals surface area contributed by atoms with Gasteiger partial charge in [0.2, 0.25) is 25.1 Å². The Morgan fingerprint density at radius 1 is 0.529 bits per heavy atom. The lowest BCUT2D eigenvalue weighted by Gasteiger charge is -2.29. The summed E-state index contributed by atoms with van der Waals surface area (Å²) >= 11 is 0. The summed E-state index contributed by atoms with van der Waals surface area (Å²) in [4.78, 5) is 0. The first-order valence-corrected chi connectivity index (χ1v) is 22.9. The molecule has 10 rings (SSSR count). The van der Waals surface area contributed by atoms with Crippen LogP contribution in [0, 0.1) is 13.8 Å². The minimum atomic E-state index is -0.0272. The van der Waals surface area contributed by atoms with Crippen LogP contribution in [0.5, 0.6) is 57.5 Å². The van der Waals surface area contributed by atoms with Gasteiger partial charge in [-0.15, -0.1) is 0 Å². The molecule has 2 N–H and O–H groups in total. The standard InChI is InChI=1S/2C28H29NO5/c1-18-13-24-25(34-17-33-24)14-20(18)9-10-23-22-15-26(30-2)28(27(31-3)21(22)11-12-29-23)32-16-19-7-5-4-6-8-19;1-18-13-23-24(34-17-33-23)14-20(18)9-10-22-26-21(11-12-29-22)15-25(27(30-2)28(26)31-3)32-16-19-7-5-4-6-8-19/h4-10,13-15,23,29H,11-12,16-17H2,1-3H3;4-10,13-15,22,29H,11-12,16-17H2,1-3H3/b2*10-9+. The zero-order valence-corrected chi connectivity index (χ0v) is 39.4. The van der Waals surface area contributed by atoms with E-state index < -0.39 is 0 Å². The fraction of sp³-hybridized carbons (Fsp3) is 0.286. The molecule has 0 spiro atoms. The van der Waals surface area contributed by atoms with Gasteiger partial charge < -0.3 is 58.0 Å². The highest BCUT2D eigenvalue weighted by atomic mass is 16.7. The third-order valence-electron chi connectivity index (χ3n) is 12.6. The van der Waals surface area contributed by atoms with Gasteiger partial charge >= 0.3 is 0 Å². The largest absolute Gasteiger partial charge is 0.493 e. The van der Waals surface area contributed by atoms with Crippen molar-refractivity contribution in [2.24, 2.45) is 0 Å². The van der Waals surface area contributed by atoms with Crippen molar-refractivity contribution < 1.29 is 47.4 Å². The minimum Gasteiger partial charge on any atom is -0.493 e. The van der Waals surface area contributed by atoms with E-state index in [4.69, 9.17) is 47.4 Å². The van der Waals surface area contributed by atoms with Gasteiger partial charge in [-0.05, 0) is 108 Å². The first-order valence-electron chi connectivity index (χ1n) is 22.9. The Bertz CT molecular complexity index is 2790. The average Bonchev–Trinajstić information content (AvgIpc) is 4.04. The fourth-order valence-corrected chi connectivity index (χ4v) is 9.05. The molecule has 12 nitrogen and oxygen atoms in total. The monoisotopic (exact) mass is 918 g/mol. The molecule has 4 aliphatic heterocycles. The normalized spacial score (nSPS) is 16.4. The molecule has 6 aromatic rings. The van der Waals surface area contributed by atoms with Crippen LogP contribution in [0.15, 0.2) is 109 Å². The lowest BCUT2D eigenvalue weighted by molar-refractivity contribution is 0.173. The highest BCUT2D eigenvalue weighted by Gasteiger charge is 2.30. The average molecular weight is 919 g/mol. The van der Waals surface area contributed by atoms with E-state index in [1.165, 1.54) is 5.56 Å². The smallest absolute Gasteiger partial charge is 0.231 e. The number of benzene rings is 6. The second kappa shape index (κ2) is 21.1. The molecule has 4 aliphatic rings. The maximum absolute atomic E-state index is 6.21. The van der Waals surface area contributed by atoms with E-state index in [-0.39, 0.29) is 25.7 Å². The van der Waals surface area contributed by atoms with Crippen molar-refractivity contribution >= 4 is 12.2 Å². The second-order valence-corrected chi connectivity index (χ2v) is 16.8. The molecule has 0 fully saturated rings. The van der Waals surface area contributed by atoms with E-state index in [0.29, 0.717) is 42.0 Å². The molecule has 4 heterocycles. The van der Waals surface area contributed by atoms with Gasteiger partial charge in [-0.2, -0.15) is 0 Å². The highest BCUT2D eigenvalue weighted by Crippen LogP contribution is 2.48. The van der Waals surface area contributed by atoms with Gasteiger partial charge in [0.05, 0.1) is 40.5 Å². The van der Waals surface area contributed by atoms with Crippen LogP contribution >= 0.6 is 0 Å². The zero-order valence-electron chi connectivity index (χ0n) is 39.4. The summed E-state index contributed by atoms with van der Waals surface area (Å²) in [6.07, 6.45) is 10.3. The summed E-state index contributed by atoms with van der Waals surface area (Å²) in [5.74, 6) is 7.20. The highest BCUT2D eigenvalue weighted by molar-refractivity contribution is 5.66. The lowest BCUT2D eigenvalue weighted by atomic mass is 9.91. The third-order valence-corrected chi connectivity index (χ3v) is 12.6. The van der Waals surface area contributed by atoms with Crippen LogP contribution in [0.3, 0.4) is 0 Å². The van der Waals surface area contributed by atoms with Crippen molar-refractivity contribution in [3.8, 4) is 57.5 Å². The first kappa shape index (κ1) is 45.9. The van der Waals surface area contributed by atoms with E-state index in [0.717, 1.165) is 105 Å². The fourth-order valence-electron chi connectivity index (χ4n) is 9.05. The van der Waals surface area contributed by atoms with Crippen molar-refractivity contribution in [2.75, 3.05) is 55.1 Å². The second-order valence-electron chi connectivity index (χ2n) is 16.8. The predicted molar refractivity (Wildman–Crippen MR) is 262 cm³/mol. The maximum Gasteiger partial charge on any atom is 0.231 e. The van der Waals surface area contributed by atoms with Gasteiger partial charge in [0.1, 0.15) is 13.2 Å². The van der Waals surface area contributed by atoms with Gasteiger partial charge in [-0.3, -0.25) is 0 Å². The first-order chi connectivity index (χ1) is 33.3. The molecule has 2 unspecified atom stereocenters. The van der Waals surface area contributed by atoms with E-state index in [9.17, 15) is 0 Å².